The van der Waals surface area contributed by atoms with Crippen LogP contribution in [0.1, 0.15) is 32.4 Å². The van der Waals surface area contributed by atoms with Gasteiger partial charge in [-0.2, -0.15) is 0 Å². The molecule has 0 bridgehead atoms. The summed E-state index contributed by atoms with van der Waals surface area (Å²) in [7, 11) is 0. The molecule has 3 heteroatoms. The summed E-state index contributed by atoms with van der Waals surface area (Å²) >= 11 is 0. The number of hydrogen-bond acceptors (Lipinski definition) is 3. The zero-order valence-electron chi connectivity index (χ0n) is 11.0. The number of furan rings is 1. The Kier molecular flexibility index (Phi) is 4.63. The standard InChI is InChI=1S/C14H24N2O/c1-3-16(11-13-6-4-8-15-13)12(2)10-14-7-5-9-17-14/h5,7,9,12-13,15H,3-4,6,8,10-11H2,1-2H3. The maximum Gasteiger partial charge on any atom is 0.105 e. The first-order valence-corrected chi connectivity index (χ1v) is 6.79. The van der Waals surface area contributed by atoms with Crippen molar-refractivity contribution in [2.24, 2.45) is 0 Å². The molecule has 1 fully saturated rings. The quantitative estimate of drug-likeness (QED) is 0.821. The van der Waals surface area contributed by atoms with E-state index in [9.17, 15) is 0 Å². The van der Waals surface area contributed by atoms with Crippen LogP contribution >= 0.6 is 0 Å². The molecule has 2 unspecified atom stereocenters. The largest absolute Gasteiger partial charge is 0.469 e. The van der Waals surface area contributed by atoms with Crippen LogP contribution in [0.25, 0.3) is 0 Å². The van der Waals surface area contributed by atoms with E-state index in [2.05, 4.69) is 30.1 Å². The van der Waals surface area contributed by atoms with Crippen LogP contribution in [0, 0.1) is 0 Å². The molecule has 0 aromatic carbocycles. The molecule has 3 nitrogen and oxygen atoms in total. The van der Waals surface area contributed by atoms with Gasteiger partial charge >= 0.3 is 0 Å². The summed E-state index contributed by atoms with van der Waals surface area (Å²) in [6, 6.07) is 5.28. The molecule has 1 aromatic rings. The van der Waals surface area contributed by atoms with Crippen molar-refractivity contribution in [2.75, 3.05) is 19.6 Å². The Bertz CT molecular complexity index is 304. The Morgan fingerprint density at radius 2 is 2.47 bits per heavy atom. The van der Waals surface area contributed by atoms with Crippen molar-refractivity contribution in [3.05, 3.63) is 24.2 Å². The predicted molar refractivity (Wildman–Crippen MR) is 70.1 cm³/mol. The van der Waals surface area contributed by atoms with Gasteiger partial charge in [-0.05, 0) is 45.0 Å². The smallest absolute Gasteiger partial charge is 0.105 e. The van der Waals surface area contributed by atoms with E-state index in [-0.39, 0.29) is 0 Å². The van der Waals surface area contributed by atoms with Crippen molar-refractivity contribution >= 4 is 0 Å². The van der Waals surface area contributed by atoms with E-state index in [0.29, 0.717) is 12.1 Å². The normalized spacial score (nSPS) is 22.2. The zero-order chi connectivity index (χ0) is 12.1. The van der Waals surface area contributed by atoms with Crippen molar-refractivity contribution in [3.63, 3.8) is 0 Å². The highest BCUT2D eigenvalue weighted by atomic mass is 16.3. The van der Waals surface area contributed by atoms with Gasteiger partial charge in [0.2, 0.25) is 0 Å². The molecule has 0 spiro atoms. The fourth-order valence-corrected chi connectivity index (χ4v) is 2.67. The monoisotopic (exact) mass is 236 g/mol. The lowest BCUT2D eigenvalue weighted by atomic mass is 10.1. The first-order valence-electron chi connectivity index (χ1n) is 6.79. The first-order chi connectivity index (χ1) is 8.29. The van der Waals surface area contributed by atoms with E-state index < -0.39 is 0 Å². The summed E-state index contributed by atoms with van der Waals surface area (Å²) in [5, 5.41) is 3.57. The third kappa shape index (κ3) is 3.58. The van der Waals surface area contributed by atoms with Gasteiger partial charge < -0.3 is 9.73 Å². The lowest BCUT2D eigenvalue weighted by Crippen LogP contribution is -2.42. The molecule has 17 heavy (non-hydrogen) atoms. The molecule has 96 valence electrons. The van der Waals surface area contributed by atoms with Crippen LogP contribution in [0.4, 0.5) is 0 Å². The van der Waals surface area contributed by atoms with Crippen LogP contribution in [0.5, 0.6) is 0 Å². The van der Waals surface area contributed by atoms with Gasteiger partial charge in [0.1, 0.15) is 5.76 Å². The Hall–Kier alpha value is -0.800. The van der Waals surface area contributed by atoms with E-state index >= 15 is 0 Å². The summed E-state index contributed by atoms with van der Waals surface area (Å²) in [5.41, 5.74) is 0. The highest BCUT2D eigenvalue weighted by molar-refractivity contribution is 5.00. The van der Waals surface area contributed by atoms with Crippen LogP contribution in [-0.4, -0.2) is 36.6 Å². The SMILES string of the molecule is CCN(CC1CCCN1)C(C)Cc1ccco1. The molecule has 2 rings (SSSR count). The van der Waals surface area contributed by atoms with Crippen molar-refractivity contribution < 1.29 is 4.42 Å². The minimum absolute atomic E-state index is 0.550. The summed E-state index contributed by atoms with van der Waals surface area (Å²) in [4.78, 5) is 2.55. The summed E-state index contributed by atoms with van der Waals surface area (Å²) in [5.74, 6) is 1.09. The molecule has 0 amide bonds. The van der Waals surface area contributed by atoms with Gasteiger partial charge in [0, 0.05) is 25.0 Å². The van der Waals surface area contributed by atoms with Gasteiger partial charge in [0.05, 0.1) is 6.26 Å². The minimum Gasteiger partial charge on any atom is -0.469 e. The van der Waals surface area contributed by atoms with Crippen LogP contribution in [0.3, 0.4) is 0 Å². The second-order valence-electron chi connectivity index (χ2n) is 5.01. The summed E-state index contributed by atoms with van der Waals surface area (Å²) < 4.78 is 5.43. The van der Waals surface area contributed by atoms with E-state index in [1.54, 1.807) is 6.26 Å². The number of nitrogens with zero attached hydrogens (tertiary/aromatic N) is 1. The second-order valence-corrected chi connectivity index (χ2v) is 5.01. The summed E-state index contributed by atoms with van der Waals surface area (Å²) in [6.07, 6.45) is 5.42. The highest BCUT2D eigenvalue weighted by Gasteiger charge is 2.20. The summed E-state index contributed by atoms with van der Waals surface area (Å²) in [6.45, 7) is 8.00. The van der Waals surface area contributed by atoms with Crippen molar-refractivity contribution in [2.45, 2.75) is 45.2 Å². The lowest BCUT2D eigenvalue weighted by molar-refractivity contribution is 0.194. The van der Waals surface area contributed by atoms with Gasteiger partial charge in [-0.25, -0.2) is 0 Å². The maximum absolute atomic E-state index is 5.43. The fraction of sp³-hybridized carbons (Fsp3) is 0.714. The molecule has 1 N–H and O–H groups in total. The number of likely N-dealkylation sites (N-methyl/N-ethyl adjacent to an activating group) is 1. The van der Waals surface area contributed by atoms with E-state index in [1.165, 1.54) is 25.9 Å². The average Bonchev–Trinajstić information content (AvgIpc) is 2.97. The molecule has 0 saturated carbocycles. The molecule has 1 aliphatic heterocycles. The molecule has 0 radical (unpaired) electrons. The van der Waals surface area contributed by atoms with Gasteiger partial charge in [-0.15, -0.1) is 0 Å². The Balaban J connectivity index is 1.83. The van der Waals surface area contributed by atoms with Crippen LogP contribution < -0.4 is 5.32 Å². The molecule has 2 heterocycles. The molecule has 1 aliphatic rings. The van der Waals surface area contributed by atoms with Gasteiger partial charge in [0.25, 0.3) is 0 Å². The first kappa shape index (κ1) is 12.7. The number of nitrogens with one attached hydrogen (secondary N) is 1. The van der Waals surface area contributed by atoms with Crippen LogP contribution in [0.15, 0.2) is 22.8 Å². The third-order valence-corrected chi connectivity index (χ3v) is 3.72. The molecular formula is C14H24N2O. The van der Waals surface area contributed by atoms with Crippen LogP contribution in [-0.2, 0) is 6.42 Å². The minimum atomic E-state index is 0.550. The van der Waals surface area contributed by atoms with Gasteiger partial charge in [-0.1, -0.05) is 6.92 Å². The maximum atomic E-state index is 5.43. The Morgan fingerprint density at radius 3 is 3.06 bits per heavy atom. The number of hydrogen-bond donors (Lipinski definition) is 1. The fourth-order valence-electron chi connectivity index (χ4n) is 2.67. The number of rotatable bonds is 6. The van der Waals surface area contributed by atoms with E-state index in [1.807, 2.05) is 6.07 Å². The molecule has 1 aromatic heterocycles. The molecular weight excluding hydrogens is 212 g/mol. The zero-order valence-corrected chi connectivity index (χ0v) is 11.0. The van der Waals surface area contributed by atoms with E-state index in [4.69, 9.17) is 4.42 Å². The molecule has 2 atom stereocenters. The van der Waals surface area contributed by atoms with Gasteiger partial charge in [-0.3, -0.25) is 4.90 Å². The van der Waals surface area contributed by atoms with Crippen molar-refractivity contribution in [1.29, 1.82) is 0 Å². The topological polar surface area (TPSA) is 28.4 Å². The van der Waals surface area contributed by atoms with Crippen LogP contribution in [0.2, 0.25) is 0 Å². The Morgan fingerprint density at radius 1 is 1.59 bits per heavy atom. The second kappa shape index (κ2) is 6.22. The van der Waals surface area contributed by atoms with Crippen molar-refractivity contribution in [3.8, 4) is 0 Å². The third-order valence-electron chi connectivity index (χ3n) is 3.72. The van der Waals surface area contributed by atoms with Gasteiger partial charge in [0.15, 0.2) is 0 Å². The molecule has 1 saturated heterocycles. The van der Waals surface area contributed by atoms with Crippen molar-refractivity contribution in [1.82, 2.24) is 10.2 Å². The average molecular weight is 236 g/mol. The highest BCUT2D eigenvalue weighted by Crippen LogP contribution is 2.13. The lowest BCUT2D eigenvalue weighted by Gasteiger charge is -2.29. The van der Waals surface area contributed by atoms with E-state index in [0.717, 1.165) is 18.7 Å². The predicted octanol–water partition coefficient (Wildman–Crippen LogP) is 2.28. The molecule has 0 aliphatic carbocycles. The Labute approximate surface area is 104 Å².